The minimum atomic E-state index is -4.86. The molecule has 0 N–H and O–H groups in total. The van der Waals surface area contributed by atoms with Gasteiger partial charge in [0, 0.05) is 12.1 Å². The molecule has 0 fully saturated rings. The van der Waals surface area contributed by atoms with Crippen molar-refractivity contribution in [3.05, 3.63) is 53.9 Å². The van der Waals surface area contributed by atoms with Crippen LogP contribution in [-0.2, 0) is 12.4 Å². The van der Waals surface area contributed by atoms with Gasteiger partial charge in [-0.05, 0) is 12.1 Å². The van der Waals surface area contributed by atoms with Crippen LogP contribution < -0.4 is 4.74 Å². The SMILES string of the molecule is Fc1cccc(Oc2cc(C(F)(F)F)ncn2)c1-c1cc(C(F)(F)F)on1. The molecular formula is C15H6F7N3O2. The Morgan fingerprint density at radius 1 is 0.926 bits per heavy atom. The summed E-state index contributed by atoms with van der Waals surface area (Å²) >= 11 is 0. The Balaban J connectivity index is 2.01. The second kappa shape index (κ2) is 6.52. The van der Waals surface area contributed by atoms with Gasteiger partial charge in [0.1, 0.15) is 23.6 Å². The van der Waals surface area contributed by atoms with Crippen LogP contribution in [0.2, 0.25) is 0 Å². The van der Waals surface area contributed by atoms with Crippen molar-refractivity contribution < 1.29 is 40.0 Å². The summed E-state index contributed by atoms with van der Waals surface area (Å²) in [5.41, 5.74) is -2.41. The van der Waals surface area contributed by atoms with Crippen molar-refractivity contribution in [1.29, 1.82) is 0 Å². The van der Waals surface area contributed by atoms with E-state index in [1.165, 1.54) is 0 Å². The third-order valence-electron chi connectivity index (χ3n) is 3.17. The highest BCUT2D eigenvalue weighted by molar-refractivity contribution is 5.68. The molecule has 142 valence electrons. The molecular weight excluding hydrogens is 387 g/mol. The number of halogens is 7. The van der Waals surface area contributed by atoms with Gasteiger partial charge in [0.15, 0.2) is 5.69 Å². The van der Waals surface area contributed by atoms with E-state index in [9.17, 15) is 30.7 Å². The number of hydrogen-bond acceptors (Lipinski definition) is 5. The van der Waals surface area contributed by atoms with E-state index in [4.69, 9.17) is 4.74 Å². The van der Waals surface area contributed by atoms with Crippen LogP contribution in [-0.4, -0.2) is 15.1 Å². The van der Waals surface area contributed by atoms with E-state index in [-0.39, 0.29) is 0 Å². The van der Waals surface area contributed by atoms with Crippen molar-refractivity contribution in [3.8, 4) is 22.9 Å². The first-order valence-corrected chi connectivity index (χ1v) is 6.95. The van der Waals surface area contributed by atoms with Crippen molar-refractivity contribution in [2.45, 2.75) is 12.4 Å². The van der Waals surface area contributed by atoms with Gasteiger partial charge < -0.3 is 9.26 Å². The largest absolute Gasteiger partial charge is 0.452 e. The minimum Gasteiger partial charge on any atom is -0.438 e. The summed E-state index contributed by atoms with van der Waals surface area (Å²) in [5, 5.41) is 3.15. The van der Waals surface area contributed by atoms with Gasteiger partial charge in [-0.25, -0.2) is 14.4 Å². The summed E-state index contributed by atoms with van der Waals surface area (Å²) in [6, 6.07) is 4.07. The first-order valence-electron chi connectivity index (χ1n) is 6.95. The average molecular weight is 393 g/mol. The van der Waals surface area contributed by atoms with E-state index in [0.29, 0.717) is 18.5 Å². The molecule has 0 atom stereocenters. The molecule has 2 aromatic heterocycles. The molecule has 0 bridgehead atoms. The quantitative estimate of drug-likeness (QED) is 0.580. The van der Waals surface area contributed by atoms with Crippen LogP contribution in [0.3, 0.4) is 0 Å². The lowest BCUT2D eigenvalue weighted by molar-refractivity contribution is -0.155. The molecule has 0 aliphatic carbocycles. The zero-order valence-electron chi connectivity index (χ0n) is 12.8. The Morgan fingerprint density at radius 2 is 1.67 bits per heavy atom. The molecule has 12 heteroatoms. The number of benzene rings is 1. The van der Waals surface area contributed by atoms with Gasteiger partial charge in [-0.15, -0.1) is 0 Å². The molecule has 0 saturated carbocycles. The van der Waals surface area contributed by atoms with Gasteiger partial charge in [0.2, 0.25) is 11.6 Å². The van der Waals surface area contributed by atoms with Crippen LogP contribution in [0.25, 0.3) is 11.3 Å². The lowest BCUT2D eigenvalue weighted by atomic mass is 10.1. The Hall–Kier alpha value is -3.18. The van der Waals surface area contributed by atoms with E-state index in [1.807, 2.05) is 0 Å². The number of ether oxygens (including phenoxy) is 1. The maximum absolute atomic E-state index is 14.2. The van der Waals surface area contributed by atoms with Crippen molar-refractivity contribution in [2.24, 2.45) is 0 Å². The molecule has 0 radical (unpaired) electrons. The summed E-state index contributed by atoms with van der Waals surface area (Å²) in [6.07, 6.45) is -9.06. The Bertz CT molecular complexity index is 967. The molecule has 27 heavy (non-hydrogen) atoms. The molecule has 3 rings (SSSR count). The first-order chi connectivity index (χ1) is 12.6. The van der Waals surface area contributed by atoms with Gasteiger partial charge in [-0.3, -0.25) is 0 Å². The molecule has 5 nitrogen and oxygen atoms in total. The Labute approximate surface area is 145 Å². The zero-order valence-corrected chi connectivity index (χ0v) is 12.8. The van der Waals surface area contributed by atoms with Crippen LogP contribution in [0, 0.1) is 5.82 Å². The van der Waals surface area contributed by atoms with E-state index >= 15 is 0 Å². The highest BCUT2D eigenvalue weighted by atomic mass is 19.4. The van der Waals surface area contributed by atoms with Gasteiger partial charge in [0.25, 0.3) is 0 Å². The monoisotopic (exact) mass is 393 g/mol. The molecule has 0 amide bonds. The summed E-state index contributed by atoms with van der Waals surface area (Å²) in [5.74, 6) is -3.51. The Kier molecular flexibility index (Phi) is 4.49. The number of nitrogens with zero attached hydrogens (tertiary/aromatic N) is 3. The lowest BCUT2D eigenvalue weighted by Crippen LogP contribution is -2.08. The van der Waals surface area contributed by atoms with Crippen LogP contribution in [0.5, 0.6) is 11.6 Å². The van der Waals surface area contributed by atoms with E-state index in [2.05, 4.69) is 19.6 Å². The third kappa shape index (κ3) is 3.99. The van der Waals surface area contributed by atoms with Crippen molar-refractivity contribution >= 4 is 0 Å². The van der Waals surface area contributed by atoms with Crippen molar-refractivity contribution in [2.75, 3.05) is 0 Å². The topological polar surface area (TPSA) is 61.0 Å². The number of alkyl halides is 6. The van der Waals surface area contributed by atoms with Gasteiger partial charge in [-0.1, -0.05) is 11.2 Å². The fraction of sp³-hybridized carbons (Fsp3) is 0.133. The second-order valence-electron chi connectivity index (χ2n) is 5.03. The fourth-order valence-electron chi connectivity index (χ4n) is 2.03. The highest BCUT2D eigenvalue weighted by Crippen LogP contribution is 2.38. The standard InChI is InChI=1S/C15H6F7N3O2/c16-7-2-1-3-9(13(7)8-4-11(27-25-8)15(20,21)22)26-12-5-10(14(17,18)19)23-6-24-12/h1-6H. The molecule has 0 spiro atoms. The predicted octanol–water partition coefficient (Wildman–Crippen LogP) is 5.10. The normalized spacial score (nSPS) is 12.3. The highest BCUT2D eigenvalue weighted by Gasteiger charge is 2.37. The summed E-state index contributed by atoms with van der Waals surface area (Å²) in [4.78, 5) is 6.52. The number of hydrogen-bond donors (Lipinski definition) is 0. The third-order valence-corrected chi connectivity index (χ3v) is 3.17. The molecule has 3 aromatic rings. The van der Waals surface area contributed by atoms with Crippen LogP contribution in [0.1, 0.15) is 11.5 Å². The first kappa shape index (κ1) is 18.6. The predicted molar refractivity (Wildman–Crippen MR) is 74.0 cm³/mol. The molecule has 0 aliphatic heterocycles. The van der Waals surface area contributed by atoms with Crippen molar-refractivity contribution in [3.63, 3.8) is 0 Å². The van der Waals surface area contributed by atoms with Crippen molar-refractivity contribution in [1.82, 2.24) is 15.1 Å². The summed E-state index contributed by atoms with van der Waals surface area (Å²) in [7, 11) is 0. The van der Waals surface area contributed by atoms with Crippen LogP contribution in [0.15, 0.2) is 41.2 Å². The second-order valence-corrected chi connectivity index (χ2v) is 5.03. The average Bonchev–Trinajstić information content (AvgIpc) is 3.04. The summed E-state index contributed by atoms with van der Waals surface area (Å²) in [6.45, 7) is 0. The zero-order chi connectivity index (χ0) is 19.8. The van der Waals surface area contributed by atoms with E-state index in [1.54, 1.807) is 0 Å². The Morgan fingerprint density at radius 3 is 2.30 bits per heavy atom. The minimum absolute atomic E-state index is 0.413. The van der Waals surface area contributed by atoms with E-state index < -0.39 is 52.5 Å². The maximum atomic E-state index is 14.2. The van der Waals surface area contributed by atoms with Gasteiger partial charge in [0.05, 0.1) is 5.56 Å². The summed E-state index contributed by atoms with van der Waals surface area (Å²) < 4.78 is 99.4. The van der Waals surface area contributed by atoms with E-state index in [0.717, 1.165) is 18.2 Å². The van der Waals surface area contributed by atoms with Crippen LogP contribution in [0.4, 0.5) is 30.7 Å². The van der Waals surface area contributed by atoms with Crippen LogP contribution >= 0.6 is 0 Å². The van der Waals surface area contributed by atoms with Gasteiger partial charge in [-0.2, -0.15) is 26.3 Å². The molecule has 0 unspecified atom stereocenters. The number of rotatable bonds is 3. The molecule has 0 saturated heterocycles. The lowest BCUT2D eigenvalue weighted by Gasteiger charge is -2.11. The molecule has 1 aromatic carbocycles. The fourth-order valence-corrected chi connectivity index (χ4v) is 2.03. The smallest absolute Gasteiger partial charge is 0.438 e. The molecule has 0 aliphatic rings. The van der Waals surface area contributed by atoms with Gasteiger partial charge >= 0.3 is 12.4 Å². The number of aromatic nitrogens is 3. The molecule has 2 heterocycles. The maximum Gasteiger partial charge on any atom is 0.452 e.